The van der Waals surface area contributed by atoms with Gasteiger partial charge in [0.25, 0.3) is 0 Å². The SMILES string of the molecule is CC1CCCC2=C1C(O)c1c(N)cccc1C2O. The Balaban J connectivity index is 2.20. The largest absolute Gasteiger partial charge is 0.398 e. The van der Waals surface area contributed by atoms with Gasteiger partial charge < -0.3 is 15.9 Å². The topological polar surface area (TPSA) is 66.5 Å². The molecule has 0 spiro atoms. The van der Waals surface area contributed by atoms with Crippen molar-refractivity contribution in [1.29, 1.82) is 0 Å². The molecule has 0 amide bonds. The molecule has 2 aliphatic carbocycles. The number of hydrogen-bond donors (Lipinski definition) is 3. The maximum absolute atomic E-state index is 10.6. The Morgan fingerprint density at radius 1 is 1.22 bits per heavy atom. The van der Waals surface area contributed by atoms with Gasteiger partial charge in [-0.05, 0) is 48.0 Å². The van der Waals surface area contributed by atoms with Gasteiger partial charge in [0, 0.05) is 11.3 Å². The highest BCUT2D eigenvalue weighted by Gasteiger charge is 2.37. The van der Waals surface area contributed by atoms with Crippen LogP contribution < -0.4 is 5.73 Å². The standard InChI is InChI=1S/C15H19NO2/c1-8-4-2-5-9-12(8)15(18)13-10(14(9)17)6-3-7-11(13)16/h3,6-8,14-15,17-18H,2,4-5,16H2,1H3. The Morgan fingerprint density at radius 3 is 2.78 bits per heavy atom. The maximum Gasteiger partial charge on any atom is 0.103 e. The van der Waals surface area contributed by atoms with E-state index in [1.807, 2.05) is 12.1 Å². The van der Waals surface area contributed by atoms with Crippen LogP contribution in [0.25, 0.3) is 0 Å². The van der Waals surface area contributed by atoms with Gasteiger partial charge in [0.2, 0.25) is 0 Å². The van der Waals surface area contributed by atoms with E-state index in [0.717, 1.165) is 36.0 Å². The minimum absolute atomic E-state index is 0.325. The van der Waals surface area contributed by atoms with Gasteiger partial charge in [0.05, 0.1) is 0 Å². The lowest BCUT2D eigenvalue weighted by atomic mass is 9.71. The number of fused-ring (bicyclic) bond motifs is 1. The minimum Gasteiger partial charge on any atom is -0.398 e. The third-order valence-corrected chi connectivity index (χ3v) is 4.35. The zero-order valence-corrected chi connectivity index (χ0v) is 10.6. The molecule has 2 aliphatic rings. The summed E-state index contributed by atoms with van der Waals surface area (Å²) >= 11 is 0. The predicted octanol–water partition coefficient (Wildman–Crippen LogP) is 2.47. The Bertz CT molecular complexity index is 521. The molecule has 0 aromatic heterocycles. The van der Waals surface area contributed by atoms with E-state index < -0.39 is 12.2 Å². The van der Waals surface area contributed by atoms with Crippen molar-refractivity contribution in [2.75, 3.05) is 5.73 Å². The summed E-state index contributed by atoms with van der Waals surface area (Å²) in [7, 11) is 0. The number of nitrogens with two attached hydrogens (primary N) is 1. The summed E-state index contributed by atoms with van der Waals surface area (Å²) in [5.74, 6) is 0.325. The van der Waals surface area contributed by atoms with E-state index in [1.165, 1.54) is 0 Å². The Hall–Kier alpha value is -1.32. The number of aliphatic hydroxyl groups is 2. The summed E-state index contributed by atoms with van der Waals surface area (Å²) in [6, 6.07) is 5.48. The van der Waals surface area contributed by atoms with Gasteiger partial charge in [-0.3, -0.25) is 0 Å². The van der Waals surface area contributed by atoms with Gasteiger partial charge in [-0.15, -0.1) is 0 Å². The Morgan fingerprint density at radius 2 is 2.00 bits per heavy atom. The van der Waals surface area contributed by atoms with Gasteiger partial charge in [-0.25, -0.2) is 0 Å². The van der Waals surface area contributed by atoms with Crippen molar-refractivity contribution in [1.82, 2.24) is 0 Å². The molecule has 3 rings (SSSR count). The Kier molecular flexibility index (Phi) is 2.68. The summed E-state index contributed by atoms with van der Waals surface area (Å²) in [5.41, 5.74) is 10.0. The third-order valence-electron chi connectivity index (χ3n) is 4.35. The second-order valence-electron chi connectivity index (χ2n) is 5.43. The molecular weight excluding hydrogens is 226 g/mol. The highest BCUT2D eigenvalue weighted by molar-refractivity contribution is 5.59. The first-order valence-corrected chi connectivity index (χ1v) is 6.58. The van der Waals surface area contributed by atoms with E-state index in [4.69, 9.17) is 5.73 Å². The van der Waals surface area contributed by atoms with E-state index in [2.05, 4.69) is 6.92 Å². The molecule has 0 saturated heterocycles. The van der Waals surface area contributed by atoms with Gasteiger partial charge >= 0.3 is 0 Å². The summed E-state index contributed by atoms with van der Waals surface area (Å²) in [6.07, 6.45) is 1.80. The lowest BCUT2D eigenvalue weighted by Crippen LogP contribution is -2.26. The van der Waals surface area contributed by atoms with Crippen molar-refractivity contribution in [3.8, 4) is 0 Å². The van der Waals surface area contributed by atoms with Crippen LogP contribution in [-0.4, -0.2) is 10.2 Å². The summed E-state index contributed by atoms with van der Waals surface area (Å²) in [4.78, 5) is 0. The average Bonchev–Trinajstić information content (AvgIpc) is 2.35. The molecule has 0 radical (unpaired) electrons. The van der Waals surface area contributed by atoms with Crippen molar-refractivity contribution < 1.29 is 10.2 Å². The van der Waals surface area contributed by atoms with E-state index >= 15 is 0 Å². The molecule has 0 fully saturated rings. The van der Waals surface area contributed by atoms with Gasteiger partial charge in [-0.2, -0.15) is 0 Å². The maximum atomic E-state index is 10.6. The van der Waals surface area contributed by atoms with Crippen molar-refractivity contribution in [2.45, 2.75) is 38.4 Å². The molecule has 3 atom stereocenters. The fourth-order valence-corrected chi connectivity index (χ4v) is 3.45. The molecule has 0 saturated carbocycles. The Labute approximate surface area is 107 Å². The molecule has 0 heterocycles. The van der Waals surface area contributed by atoms with Crippen LogP contribution in [0.2, 0.25) is 0 Å². The molecule has 18 heavy (non-hydrogen) atoms. The van der Waals surface area contributed by atoms with E-state index in [0.29, 0.717) is 17.2 Å². The molecule has 0 aliphatic heterocycles. The zero-order valence-electron chi connectivity index (χ0n) is 10.6. The van der Waals surface area contributed by atoms with E-state index in [9.17, 15) is 10.2 Å². The molecule has 1 aromatic rings. The normalized spacial score (nSPS) is 30.9. The first kappa shape index (κ1) is 11.8. The van der Waals surface area contributed by atoms with Crippen LogP contribution in [0.3, 0.4) is 0 Å². The van der Waals surface area contributed by atoms with Gasteiger partial charge in [-0.1, -0.05) is 19.1 Å². The van der Waals surface area contributed by atoms with Crippen molar-refractivity contribution >= 4 is 5.69 Å². The minimum atomic E-state index is -0.644. The first-order chi connectivity index (χ1) is 8.61. The van der Waals surface area contributed by atoms with Crippen LogP contribution in [0.4, 0.5) is 5.69 Å². The van der Waals surface area contributed by atoms with Crippen molar-refractivity contribution in [3.05, 3.63) is 40.5 Å². The van der Waals surface area contributed by atoms with Crippen LogP contribution in [-0.2, 0) is 0 Å². The number of nitrogen functional groups attached to an aromatic ring is 1. The quantitative estimate of drug-likeness (QED) is 0.486. The molecule has 4 N–H and O–H groups in total. The number of rotatable bonds is 0. The fraction of sp³-hybridized carbons (Fsp3) is 0.467. The summed E-state index contributed by atoms with van der Waals surface area (Å²) < 4.78 is 0. The van der Waals surface area contributed by atoms with E-state index in [-0.39, 0.29) is 0 Å². The molecule has 1 aromatic carbocycles. The molecular formula is C15H19NO2. The lowest BCUT2D eigenvalue weighted by molar-refractivity contribution is 0.149. The lowest BCUT2D eigenvalue weighted by Gasteiger charge is -2.38. The molecule has 3 nitrogen and oxygen atoms in total. The first-order valence-electron chi connectivity index (χ1n) is 6.58. The van der Waals surface area contributed by atoms with Gasteiger partial charge in [0.1, 0.15) is 12.2 Å². The monoisotopic (exact) mass is 245 g/mol. The molecule has 96 valence electrons. The van der Waals surface area contributed by atoms with Crippen LogP contribution in [0, 0.1) is 5.92 Å². The highest BCUT2D eigenvalue weighted by Crippen LogP contribution is 2.49. The van der Waals surface area contributed by atoms with Gasteiger partial charge in [0.15, 0.2) is 0 Å². The summed E-state index contributed by atoms with van der Waals surface area (Å²) in [5, 5.41) is 21.1. The summed E-state index contributed by atoms with van der Waals surface area (Å²) in [6.45, 7) is 2.12. The van der Waals surface area contributed by atoms with E-state index in [1.54, 1.807) is 6.07 Å². The fourth-order valence-electron chi connectivity index (χ4n) is 3.45. The van der Waals surface area contributed by atoms with Crippen molar-refractivity contribution in [2.24, 2.45) is 5.92 Å². The molecule has 0 bridgehead atoms. The average molecular weight is 245 g/mol. The number of benzene rings is 1. The van der Waals surface area contributed by atoms with Crippen LogP contribution in [0.1, 0.15) is 49.5 Å². The molecule has 3 heteroatoms. The molecule has 3 unspecified atom stereocenters. The number of anilines is 1. The second kappa shape index (κ2) is 4.11. The third kappa shape index (κ3) is 1.51. The number of aliphatic hydroxyl groups excluding tert-OH is 2. The zero-order chi connectivity index (χ0) is 12.9. The van der Waals surface area contributed by atoms with Crippen LogP contribution in [0.15, 0.2) is 29.3 Å². The van der Waals surface area contributed by atoms with Crippen LogP contribution in [0.5, 0.6) is 0 Å². The van der Waals surface area contributed by atoms with Crippen molar-refractivity contribution in [3.63, 3.8) is 0 Å². The highest BCUT2D eigenvalue weighted by atomic mass is 16.3. The van der Waals surface area contributed by atoms with Crippen LogP contribution >= 0.6 is 0 Å². The smallest absolute Gasteiger partial charge is 0.103 e. The second-order valence-corrected chi connectivity index (χ2v) is 5.43. The predicted molar refractivity (Wildman–Crippen MR) is 70.8 cm³/mol. The number of hydrogen-bond acceptors (Lipinski definition) is 3.